The second-order valence-electron chi connectivity index (χ2n) is 6.12. The van der Waals surface area contributed by atoms with Gasteiger partial charge in [0.2, 0.25) is 5.88 Å². The van der Waals surface area contributed by atoms with Gasteiger partial charge in [0.05, 0.1) is 20.3 Å². The van der Waals surface area contributed by atoms with E-state index in [1.54, 1.807) is 20.4 Å². The molecule has 0 saturated carbocycles. The number of hydrogen-bond donors (Lipinski definition) is 2. The van der Waals surface area contributed by atoms with Crippen LogP contribution in [0, 0.1) is 5.92 Å². The first-order valence-electron chi connectivity index (χ1n) is 8.76. The average Bonchev–Trinajstić information content (AvgIpc) is 2.69. The van der Waals surface area contributed by atoms with Crippen LogP contribution in [0.25, 0.3) is 0 Å². The summed E-state index contributed by atoms with van der Waals surface area (Å²) >= 11 is 0. The second kappa shape index (κ2) is 13.3. The van der Waals surface area contributed by atoms with Gasteiger partial charge in [-0.3, -0.25) is 4.99 Å². The fourth-order valence-corrected chi connectivity index (χ4v) is 2.36. The van der Waals surface area contributed by atoms with Gasteiger partial charge in [-0.1, -0.05) is 37.3 Å². The highest BCUT2D eigenvalue weighted by molar-refractivity contribution is 14.0. The lowest BCUT2D eigenvalue weighted by Crippen LogP contribution is -2.39. The Hall–Kier alpha value is -1.87. The molecule has 27 heavy (non-hydrogen) atoms. The number of halogens is 1. The highest BCUT2D eigenvalue weighted by Gasteiger charge is 2.05. The van der Waals surface area contributed by atoms with Crippen molar-refractivity contribution in [1.29, 1.82) is 0 Å². The van der Waals surface area contributed by atoms with Crippen molar-refractivity contribution in [2.75, 3.05) is 27.3 Å². The molecule has 1 unspecified atom stereocenters. The van der Waals surface area contributed by atoms with Crippen molar-refractivity contribution in [3.8, 4) is 5.88 Å². The van der Waals surface area contributed by atoms with E-state index >= 15 is 0 Å². The predicted molar refractivity (Wildman–Crippen MR) is 120 cm³/mol. The molecular weight excluding hydrogens is 455 g/mol. The van der Waals surface area contributed by atoms with E-state index in [0.29, 0.717) is 31.6 Å². The first kappa shape index (κ1) is 23.2. The summed E-state index contributed by atoms with van der Waals surface area (Å²) in [6.07, 6.45) is 1.73. The number of aromatic nitrogens is 1. The lowest BCUT2D eigenvalue weighted by molar-refractivity contribution is 0.0931. The first-order valence-corrected chi connectivity index (χ1v) is 8.76. The lowest BCUT2D eigenvalue weighted by Gasteiger charge is -2.16. The van der Waals surface area contributed by atoms with Gasteiger partial charge in [-0.2, -0.15) is 0 Å². The minimum atomic E-state index is 0. The summed E-state index contributed by atoms with van der Waals surface area (Å²) in [6.45, 7) is 4.92. The van der Waals surface area contributed by atoms with Crippen molar-refractivity contribution in [3.05, 3.63) is 59.8 Å². The third-order valence-electron chi connectivity index (χ3n) is 3.82. The predicted octanol–water partition coefficient (Wildman–Crippen LogP) is 3.23. The Morgan fingerprint density at radius 2 is 1.93 bits per heavy atom. The van der Waals surface area contributed by atoms with Gasteiger partial charge >= 0.3 is 0 Å². The van der Waals surface area contributed by atoms with Crippen LogP contribution in [-0.4, -0.2) is 38.3 Å². The topological polar surface area (TPSA) is 67.8 Å². The van der Waals surface area contributed by atoms with Crippen LogP contribution in [-0.2, 0) is 17.9 Å². The van der Waals surface area contributed by atoms with Crippen molar-refractivity contribution in [2.45, 2.75) is 20.1 Å². The second-order valence-corrected chi connectivity index (χ2v) is 6.12. The number of guanidine groups is 1. The van der Waals surface area contributed by atoms with Gasteiger partial charge in [0.1, 0.15) is 0 Å². The highest BCUT2D eigenvalue weighted by Crippen LogP contribution is 2.08. The Balaban J connectivity index is 0.00000364. The summed E-state index contributed by atoms with van der Waals surface area (Å²) in [4.78, 5) is 8.36. The minimum Gasteiger partial charge on any atom is -0.481 e. The molecule has 0 aliphatic carbocycles. The number of pyridine rings is 1. The molecule has 0 aliphatic rings. The molecule has 0 saturated heterocycles. The molecule has 0 spiro atoms. The maximum atomic E-state index is 5.78. The number of nitrogens with one attached hydrogen (secondary N) is 2. The van der Waals surface area contributed by atoms with Gasteiger partial charge in [-0.05, 0) is 23.1 Å². The van der Waals surface area contributed by atoms with Gasteiger partial charge in [-0.15, -0.1) is 24.0 Å². The molecule has 1 aromatic heterocycles. The maximum Gasteiger partial charge on any atom is 0.213 e. The number of benzene rings is 1. The van der Waals surface area contributed by atoms with Gasteiger partial charge in [0.25, 0.3) is 0 Å². The van der Waals surface area contributed by atoms with Gasteiger partial charge < -0.3 is 20.1 Å². The van der Waals surface area contributed by atoms with Gasteiger partial charge in [0.15, 0.2) is 5.96 Å². The lowest BCUT2D eigenvalue weighted by atomic mass is 10.2. The Morgan fingerprint density at radius 3 is 2.63 bits per heavy atom. The summed E-state index contributed by atoms with van der Waals surface area (Å²) < 4.78 is 10.9. The number of ether oxygens (including phenoxy) is 2. The summed E-state index contributed by atoms with van der Waals surface area (Å²) in [5.41, 5.74) is 2.27. The molecule has 2 aromatic rings. The molecule has 6 nitrogen and oxygen atoms in total. The normalized spacial score (nSPS) is 12.0. The van der Waals surface area contributed by atoms with E-state index in [0.717, 1.165) is 18.1 Å². The summed E-state index contributed by atoms with van der Waals surface area (Å²) in [6, 6.07) is 14.1. The molecule has 0 amide bonds. The minimum absolute atomic E-state index is 0. The molecule has 7 heteroatoms. The monoisotopic (exact) mass is 484 g/mol. The summed E-state index contributed by atoms with van der Waals surface area (Å²) in [5, 5.41) is 6.62. The Kier molecular flexibility index (Phi) is 11.4. The van der Waals surface area contributed by atoms with Crippen LogP contribution >= 0.6 is 24.0 Å². The molecule has 0 fully saturated rings. The van der Waals surface area contributed by atoms with Crippen molar-refractivity contribution in [2.24, 2.45) is 10.9 Å². The third-order valence-corrected chi connectivity index (χ3v) is 3.82. The van der Waals surface area contributed by atoms with Gasteiger partial charge in [0, 0.05) is 32.4 Å². The standard InChI is InChI=1S/C20H28N4O2.HI/c1-16(14-26-15-17-7-5-4-6-8-17)12-23-20(21-2)24-13-18-9-10-22-19(11-18)25-3;/h4-11,16H,12-15H2,1-3H3,(H2,21,23,24);1H. The smallest absolute Gasteiger partial charge is 0.213 e. The van der Waals surface area contributed by atoms with E-state index in [-0.39, 0.29) is 24.0 Å². The van der Waals surface area contributed by atoms with Crippen LogP contribution in [0.2, 0.25) is 0 Å². The zero-order valence-corrected chi connectivity index (χ0v) is 18.5. The molecule has 1 aromatic carbocycles. The van der Waals surface area contributed by atoms with E-state index in [4.69, 9.17) is 9.47 Å². The molecular formula is C20H29IN4O2. The number of rotatable bonds is 9. The zero-order chi connectivity index (χ0) is 18.6. The van der Waals surface area contributed by atoms with E-state index in [1.807, 2.05) is 30.3 Å². The van der Waals surface area contributed by atoms with E-state index in [1.165, 1.54) is 5.56 Å². The van der Waals surface area contributed by atoms with Crippen LogP contribution in [0.15, 0.2) is 53.7 Å². The van der Waals surface area contributed by atoms with Crippen LogP contribution < -0.4 is 15.4 Å². The molecule has 1 heterocycles. The fourth-order valence-electron chi connectivity index (χ4n) is 2.36. The van der Waals surface area contributed by atoms with E-state index in [2.05, 4.69) is 39.7 Å². The number of methoxy groups -OCH3 is 1. The van der Waals surface area contributed by atoms with Crippen LogP contribution in [0.1, 0.15) is 18.1 Å². The number of aliphatic imine (C=N–C) groups is 1. The highest BCUT2D eigenvalue weighted by atomic mass is 127. The molecule has 0 radical (unpaired) electrons. The van der Waals surface area contributed by atoms with Crippen LogP contribution in [0.4, 0.5) is 0 Å². The summed E-state index contributed by atoms with van der Waals surface area (Å²) in [7, 11) is 3.38. The van der Waals surface area contributed by atoms with Crippen LogP contribution in [0.3, 0.4) is 0 Å². The molecule has 0 aliphatic heterocycles. The van der Waals surface area contributed by atoms with Crippen LogP contribution in [0.5, 0.6) is 5.88 Å². The first-order chi connectivity index (χ1) is 12.7. The maximum absolute atomic E-state index is 5.78. The molecule has 2 rings (SSSR count). The number of hydrogen-bond acceptors (Lipinski definition) is 4. The zero-order valence-electron chi connectivity index (χ0n) is 16.1. The van der Waals surface area contributed by atoms with Crippen molar-refractivity contribution in [3.63, 3.8) is 0 Å². The fraction of sp³-hybridized carbons (Fsp3) is 0.400. The molecule has 1 atom stereocenters. The summed E-state index contributed by atoms with van der Waals surface area (Å²) in [5.74, 6) is 1.74. The van der Waals surface area contributed by atoms with E-state index in [9.17, 15) is 0 Å². The Morgan fingerprint density at radius 1 is 1.15 bits per heavy atom. The third kappa shape index (κ3) is 9.05. The van der Waals surface area contributed by atoms with Crippen molar-refractivity contribution in [1.82, 2.24) is 15.6 Å². The quantitative estimate of drug-likeness (QED) is 0.325. The molecule has 2 N–H and O–H groups in total. The van der Waals surface area contributed by atoms with Gasteiger partial charge in [-0.25, -0.2) is 4.98 Å². The largest absolute Gasteiger partial charge is 0.481 e. The molecule has 0 bridgehead atoms. The van der Waals surface area contributed by atoms with Crippen molar-refractivity contribution >= 4 is 29.9 Å². The van der Waals surface area contributed by atoms with Crippen molar-refractivity contribution < 1.29 is 9.47 Å². The Bertz CT molecular complexity index is 683. The van der Waals surface area contributed by atoms with E-state index < -0.39 is 0 Å². The SMILES string of the molecule is CN=C(NCc1ccnc(OC)c1)NCC(C)COCc1ccccc1.I. The molecule has 148 valence electrons. The number of nitrogens with zero attached hydrogens (tertiary/aromatic N) is 2. The Labute approximate surface area is 178 Å². The average molecular weight is 484 g/mol.